The lowest BCUT2D eigenvalue weighted by Gasteiger charge is -2.36. The van der Waals surface area contributed by atoms with Crippen LogP contribution in [-0.4, -0.2) is 47.7 Å². The summed E-state index contributed by atoms with van der Waals surface area (Å²) in [7, 11) is 0. The number of anilines is 1. The topological polar surface area (TPSA) is 65.3 Å². The molecule has 0 N–H and O–H groups in total. The van der Waals surface area contributed by atoms with Crippen molar-refractivity contribution in [3.63, 3.8) is 0 Å². The van der Waals surface area contributed by atoms with Crippen LogP contribution in [0.5, 0.6) is 5.75 Å². The van der Waals surface area contributed by atoms with Crippen LogP contribution in [0.4, 0.5) is 14.5 Å². The number of ether oxygens (including phenoxy) is 1. The van der Waals surface area contributed by atoms with Crippen LogP contribution in [0.2, 0.25) is 5.02 Å². The second kappa shape index (κ2) is 8.78. The first-order valence-corrected chi connectivity index (χ1v) is 9.76. The molecule has 3 aromatic rings. The van der Waals surface area contributed by atoms with E-state index in [1.807, 2.05) is 12.1 Å². The number of benzene rings is 1. The van der Waals surface area contributed by atoms with Gasteiger partial charge in [-0.1, -0.05) is 11.6 Å². The van der Waals surface area contributed by atoms with Gasteiger partial charge in [-0.2, -0.15) is 14.0 Å². The minimum absolute atomic E-state index is 0.0445. The number of nitriles is 1. The van der Waals surface area contributed by atoms with Gasteiger partial charge in [0.25, 0.3) is 0 Å². The summed E-state index contributed by atoms with van der Waals surface area (Å²) < 4.78 is 29.8. The molecule has 1 aromatic carbocycles. The van der Waals surface area contributed by atoms with Crippen LogP contribution in [0.3, 0.4) is 0 Å². The van der Waals surface area contributed by atoms with E-state index in [2.05, 4.69) is 30.6 Å². The molecule has 1 fully saturated rings. The van der Waals surface area contributed by atoms with Crippen molar-refractivity contribution in [2.75, 3.05) is 31.1 Å². The maximum Gasteiger partial charge on any atom is 0.387 e. The van der Waals surface area contributed by atoms with Crippen LogP contribution in [0.25, 0.3) is 10.9 Å². The lowest BCUT2D eigenvalue weighted by molar-refractivity contribution is -0.0497. The number of hydrogen-bond acceptors (Lipinski definition) is 6. The summed E-state index contributed by atoms with van der Waals surface area (Å²) in [5.74, 6) is 0.0445. The van der Waals surface area contributed by atoms with E-state index in [1.165, 1.54) is 18.3 Å². The number of alkyl halides is 2. The Morgan fingerprint density at radius 3 is 2.57 bits per heavy atom. The molecule has 1 aliphatic heterocycles. The Labute approximate surface area is 177 Å². The average molecular weight is 430 g/mol. The zero-order chi connectivity index (χ0) is 21.1. The number of piperazine rings is 1. The molecule has 0 amide bonds. The molecule has 0 aliphatic carbocycles. The van der Waals surface area contributed by atoms with Gasteiger partial charge in [-0.05, 0) is 30.3 Å². The summed E-state index contributed by atoms with van der Waals surface area (Å²) in [6, 6.07) is 10.5. The molecule has 9 heteroatoms. The van der Waals surface area contributed by atoms with Crippen LogP contribution in [0.1, 0.15) is 11.3 Å². The molecule has 3 heterocycles. The summed E-state index contributed by atoms with van der Waals surface area (Å²) >= 11 is 5.89. The molecule has 0 atom stereocenters. The number of pyridine rings is 2. The molecule has 0 bridgehead atoms. The van der Waals surface area contributed by atoms with Gasteiger partial charge in [-0.3, -0.25) is 14.9 Å². The number of nitrogens with zero attached hydrogens (tertiary/aromatic N) is 5. The first kappa shape index (κ1) is 20.3. The van der Waals surface area contributed by atoms with E-state index in [0.29, 0.717) is 46.8 Å². The molecule has 2 aromatic heterocycles. The zero-order valence-corrected chi connectivity index (χ0v) is 16.7. The van der Waals surface area contributed by atoms with Gasteiger partial charge in [-0.15, -0.1) is 0 Å². The van der Waals surface area contributed by atoms with E-state index in [1.54, 1.807) is 12.3 Å². The molecule has 0 saturated carbocycles. The first-order chi connectivity index (χ1) is 14.5. The summed E-state index contributed by atoms with van der Waals surface area (Å²) in [4.78, 5) is 13.0. The third-order valence-corrected chi connectivity index (χ3v) is 5.24. The van der Waals surface area contributed by atoms with Crippen LogP contribution >= 0.6 is 11.6 Å². The summed E-state index contributed by atoms with van der Waals surface area (Å²) in [5.41, 5.74) is 2.67. The van der Waals surface area contributed by atoms with E-state index in [0.717, 1.165) is 18.8 Å². The van der Waals surface area contributed by atoms with E-state index < -0.39 is 6.61 Å². The number of halogens is 3. The quantitative estimate of drug-likeness (QED) is 0.609. The highest BCUT2D eigenvalue weighted by atomic mass is 35.5. The maximum absolute atomic E-state index is 12.6. The van der Waals surface area contributed by atoms with Gasteiger partial charge < -0.3 is 9.64 Å². The predicted octanol–water partition coefficient (Wildman–Crippen LogP) is 4.08. The number of hydrogen-bond donors (Lipinski definition) is 0. The molecule has 4 rings (SSSR count). The largest absolute Gasteiger partial charge is 0.435 e. The molecule has 0 unspecified atom stereocenters. The summed E-state index contributed by atoms with van der Waals surface area (Å²) in [6.07, 6.45) is 3.16. The van der Waals surface area contributed by atoms with Gasteiger partial charge in [-0.25, -0.2) is 0 Å². The summed E-state index contributed by atoms with van der Waals surface area (Å²) in [5, 5.41) is 10.8. The number of rotatable bonds is 5. The van der Waals surface area contributed by atoms with Crippen LogP contribution in [0, 0.1) is 11.3 Å². The Balaban J connectivity index is 1.56. The number of aromatic nitrogens is 2. The minimum Gasteiger partial charge on any atom is -0.435 e. The van der Waals surface area contributed by atoms with Gasteiger partial charge in [0.2, 0.25) is 0 Å². The molecular formula is C21H18ClF2N5O. The standard InChI is InChI=1S/C21H18ClF2N5O/c22-15-1-2-16(26-12-15)13-28-5-7-29(8-6-28)20-14(10-25)11-27-19-4-3-17(9-18(19)20)30-21(23)24/h1-4,9,11-12,21H,5-8,13H2. The van der Waals surface area contributed by atoms with Gasteiger partial charge in [0.1, 0.15) is 11.8 Å². The van der Waals surface area contributed by atoms with Gasteiger partial charge in [0.05, 0.1) is 27.5 Å². The Morgan fingerprint density at radius 2 is 1.90 bits per heavy atom. The van der Waals surface area contributed by atoms with Crippen molar-refractivity contribution >= 4 is 28.2 Å². The predicted molar refractivity (Wildman–Crippen MR) is 110 cm³/mol. The van der Waals surface area contributed by atoms with Crippen LogP contribution in [0.15, 0.2) is 42.7 Å². The number of fused-ring (bicyclic) bond motifs is 1. The smallest absolute Gasteiger partial charge is 0.387 e. The van der Waals surface area contributed by atoms with Crippen molar-refractivity contribution in [1.82, 2.24) is 14.9 Å². The SMILES string of the molecule is N#Cc1cnc2ccc(OC(F)F)cc2c1N1CCN(Cc2ccc(Cl)cn2)CC1. The van der Waals surface area contributed by atoms with Gasteiger partial charge in [0.15, 0.2) is 0 Å². The minimum atomic E-state index is -2.91. The molecule has 0 spiro atoms. The Kier molecular flexibility index (Phi) is 5.93. The van der Waals surface area contributed by atoms with E-state index in [9.17, 15) is 14.0 Å². The summed E-state index contributed by atoms with van der Waals surface area (Å²) in [6.45, 7) is 0.698. The molecule has 154 valence electrons. The highest BCUT2D eigenvalue weighted by Crippen LogP contribution is 2.33. The van der Waals surface area contributed by atoms with E-state index in [-0.39, 0.29) is 5.75 Å². The molecule has 1 aliphatic rings. The highest BCUT2D eigenvalue weighted by molar-refractivity contribution is 6.30. The third kappa shape index (κ3) is 4.42. The van der Waals surface area contributed by atoms with Crippen molar-refractivity contribution in [2.24, 2.45) is 0 Å². The Bertz CT molecular complexity index is 1080. The van der Waals surface area contributed by atoms with Crippen molar-refractivity contribution in [3.05, 3.63) is 59.0 Å². The second-order valence-corrected chi connectivity index (χ2v) is 7.36. The van der Waals surface area contributed by atoms with Crippen molar-refractivity contribution in [3.8, 4) is 11.8 Å². The van der Waals surface area contributed by atoms with Gasteiger partial charge in [0, 0.05) is 50.5 Å². The molecule has 30 heavy (non-hydrogen) atoms. The second-order valence-electron chi connectivity index (χ2n) is 6.92. The highest BCUT2D eigenvalue weighted by Gasteiger charge is 2.22. The van der Waals surface area contributed by atoms with Crippen LogP contribution < -0.4 is 9.64 Å². The van der Waals surface area contributed by atoms with Crippen molar-refractivity contribution in [2.45, 2.75) is 13.2 Å². The Morgan fingerprint density at radius 1 is 1.10 bits per heavy atom. The Hall–Kier alpha value is -3.02. The monoisotopic (exact) mass is 429 g/mol. The fourth-order valence-corrected chi connectivity index (χ4v) is 3.73. The average Bonchev–Trinajstić information content (AvgIpc) is 2.75. The van der Waals surface area contributed by atoms with Crippen molar-refractivity contribution in [1.29, 1.82) is 5.26 Å². The lowest BCUT2D eigenvalue weighted by Crippen LogP contribution is -2.46. The molecule has 6 nitrogen and oxygen atoms in total. The zero-order valence-electron chi connectivity index (χ0n) is 15.9. The normalized spacial score (nSPS) is 14.8. The van der Waals surface area contributed by atoms with Crippen LogP contribution in [-0.2, 0) is 6.54 Å². The van der Waals surface area contributed by atoms with Crippen molar-refractivity contribution < 1.29 is 13.5 Å². The van der Waals surface area contributed by atoms with E-state index in [4.69, 9.17) is 11.6 Å². The van der Waals surface area contributed by atoms with Gasteiger partial charge >= 0.3 is 6.61 Å². The fourth-order valence-electron chi connectivity index (χ4n) is 3.62. The fraction of sp³-hybridized carbons (Fsp3) is 0.286. The molecule has 1 saturated heterocycles. The maximum atomic E-state index is 12.6. The lowest BCUT2D eigenvalue weighted by atomic mass is 10.1. The van der Waals surface area contributed by atoms with E-state index >= 15 is 0 Å². The first-order valence-electron chi connectivity index (χ1n) is 9.39. The molecule has 0 radical (unpaired) electrons. The molecular weight excluding hydrogens is 412 g/mol. The third-order valence-electron chi connectivity index (χ3n) is 5.02.